The molecule has 1 aliphatic heterocycles. The molecule has 0 aliphatic carbocycles. The lowest BCUT2D eigenvalue weighted by molar-refractivity contribution is 0.0987. The standard InChI is InChI=1S/C11H18N4O2/c1-2-3-11(4-6-13-7-5-11)10-14-9(8(12)16)15-17-10/h13H,2-7H2,1H3,(H2,12,16). The molecule has 1 aromatic heterocycles. The van der Waals surface area contributed by atoms with Gasteiger partial charge in [0.1, 0.15) is 0 Å². The summed E-state index contributed by atoms with van der Waals surface area (Å²) in [4.78, 5) is 15.1. The Morgan fingerprint density at radius 1 is 1.53 bits per heavy atom. The van der Waals surface area contributed by atoms with Gasteiger partial charge in [0.25, 0.3) is 11.7 Å². The predicted molar refractivity (Wildman–Crippen MR) is 61.5 cm³/mol. The van der Waals surface area contributed by atoms with E-state index in [1.54, 1.807) is 0 Å². The molecule has 6 nitrogen and oxygen atoms in total. The Labute approximate surface area is 99.9 Å². The van der Waals surface area contributed by atoms with Gasteiger partial charge in [0, 0.05) is 0 Å². The molecule has 1 saturated heterocycles. The number of piperidine rings is 1. The Bertz CT molecular complexity index is 390. The number of hydrogen-bond donors (Lipinski definition) is 2. The molecule has 0 spiro atoms. The predicted octanol–water partition coefficient (Wildman–Crippen LogP) is 0.590. The van der Waals surface area contributed by atoms with Crippen molar-refractivity contribution in [2.45, 2.75) is 38.0 Å². The molecular formula is C11H18N4O2. The van der Waals surface area contributed by atoms with Gasteiger partial charge in [-0.2, -0.15) is 4.98 Å². The molecule has 94 valence electrons. The molecule has 1 aliphatic rings. The molecule has 6 heteroatoms. The lowest BCUT2D eigenvalue weighted by Crippen LogP contribution is -2.40. The molecule has 2 heterocycles. The van der Waals surface area contributed by atoms with Crippen LogP contribution in [0, 0.1) is 0 Å². The summed E-state index contributed by atoms with van der Waals surface area (Å²) in [6.45, 7) is 4.01. The van der Waals surface area contributed by atoms with Crippen molar-refractivity contribution in [2.75, 3.05) is 13.1 Å². The van der Waals surface area contributed by atoms with E-state index in [9.17, 15) is 4.79 Å². The van der Waals surface area contributed by atoms with Crippen molar-refractivity contribution in [3.05, 3.63) is 11.7 Å². The molecule has 0 unspecified atom stereocenters. The summed E-state index contributed by atoms with van der Waals surface area (Å²) >= 11 is 0. The number of nitrogens with two attached hydrogens (primary N) is 1. The highest BCUT2D eigenvalue weighted by atomic mass is 16.5. The molecular weight excluding hydrogens is 220 g/mol. The van der Waals surface area contributed by atoms with E-state index in [-0.39, 0.29) is 11.2 Å². The van der Waals surface area contributed by atoms with Crippen LogP contribution in [0.2, 0.25) is 0 Å². The van der Waals surface area contributed by atoms with Gasteiger partial charge in [-0.1, -0.05) is 18.5 Å². The minimum atomic E-state index is -0.638. The Hall–Kier alpha value is -1.43. The van der Waals surface area contributed by atoms with E-state index in [4.69, 9.17) is 10.3 Å². The maximum absolute atomic E-state index is 11.0. The number of nitrogens with zero attached hydrogens (tertiary/aromatic N) is 2. The summed E-state index contributed by atoms with van der Waals surface area (Å²) in [7, 11) is 0. The number of hydrogen-bond acceptors (Lipinski definition) is 5. The zero-order chi connectivity index (χ0) is 12.3. The molecule has 2 rings (SSSR count). The summed E-state index contributed by atoms with van der Waals surface area (Å²) in [5.74, 6) is -0.0933. The van der Waals surface area contributed by atoms with Crippen LogP contribution in [0.1, 0.15) is 49.1 Å². The summed E-state index contributed by atoms with van der Waals surface area (Å²) < 4.78 is 5.23. The van der Waals surface area contributed by atoms with Gasteiger partial charge in [-0.15, -0.1) is 0 Å². The zero-order valence-corrected chi connectivity index (χ0v) is 10.0. The molecule has 0 atom stereocenters. The third kappa shape index (κ3) is 2.31. The number of rotatable bonds is 4. The summed E-state index contributed by atoms with van der Waals surface area (Å²) in [6, 6.07) is 0. The highest BCUT2D eigenvalue weighted by Crippen LogP contribution is 2.36. The number of carbonyl (C=O) groups excluding carboxylic acids is 1. The fraction of sp³-hybridized carbons (Fsp3) is 0.727. The highest BCUT2D eigenvalue weighted by Gasteiger charge is 2.38. The van der Waals surface area contributed by atoms with E-state index < -0.39 is 5.91 Å². The third-order valence-corrected chi connectivity index (χ3v) is 3.39. The van der Waals surface area contributed by atoms with Gasteiger partial charge >= 0.3 is 0 Å². The SMILES string of the molecule is CCCC1(c2nc(C(N)=O)no2)CCNCC1. The first-order chi connectivity index (χ1) is 8.18. The second-order valence-corrected chi connectivity index (χ2v) is 4.57. The second-order valence-electron chi connectivity index (χ2n) is 4.57. The van der Waals surface area contributed by atoms with Crippen LogP contribution in [0.25, 0.3) is 0 Å². The van der Waals surface area contributed by atoms with E-state index in [0.29, 0.717) is 5.89 Å². The highest BCUT2D eigenvalue weighted by molar-refractivity contribution is 5.88. The van der Waals surface area contributed by atoms with Crippen molar-refractivity contribution in [1.29, 1.82) is 0 Å². The lowest BCUT2D eigenvalue weighted by atomic mass is 9.75. The van der Waals surface area contributed by atoms with Crippen molar-refractivity contribution in [3.63, 3.8) is 0 Å². The van der Waals surface area contributed by atoms with Crippen LogP contribution in [0.3, 0.4) is 0 Å². The fourth-order valence-corrected chi connectivity index (χ4v) is 2.49. The van der Waals surface area contributed by atoms with Crippen LogP contribution in [0.4, 0.5) is 0 Å². The van der Waals surface area contributed by atoms with Crippen molar-refractivity contribution < 1.29 is 9.32 Å². The quantitative estimate of drug-likeness (QED) is 0.800. The number of aromatic nitrogens is 2. The van der Waals surface area contributed by atoms with E-state index in [2.05, 4.69) is 22.4 Å². The maximum atomic E-state index is 11.0. The first-order valence-corrected chi connectivity index (χ1v) is 6.03. The van der Waals surface area contributed by atoms with Crippen molar-refractivity contribution in [3.8, 4) is 0 Å². The van der Waals surface area contributed by atoms with Gasteiger partial charge in [0.15, 0.2) is 0 Å². The fourth-order valence-electron chi connectivity index (χ4n) is 2.49. The van der Waals surface area contributed by atoms with Gasteiger partial charge in [-0.05, 0) is 32.4 Å². The van der Waals surface area contributed by atoms with E-state index >= 15 is 0 Å². The molecule has 0 radical (unpaired) electrons. The monoisotopic (exact) mass is 238 g/mol. The minimum Gasteiger partial charge on any atom is -0.363 e. The molecule has 0 saturated carbocycles. The average molecular weight is 238 g/mol. The minimum absolute atomic E-state index is 0.0194. The first-order valence-electron chi connectivity index (χ1n) is 6.03. The van der Waals surface area contributed by atoms with Crippen LogP contribution < -0.4 is 11.1 Å². The molecule has 0 bridgehead atoms. The molecule has 0 aromatic carbocycles. The van der Waals surface area contributed by atoms with Crippen molar-refractivity contribution in [2.24, 2.45) is 5.73 Å². The second kappa shape index (κ2) is 4.83. The molecule has 17 heavy (non-hydrogen) atoms. The lowest BCUT2D eigenvalue weighted by Gasteiger charge is -2.34. The Morgan fingerprint density at radius 2 is 2.24 bits per heavy atom. The van der Waals surface area contributed by atoms with E-state index in [1.807, 2.05) is 0 Å². The third-order valence-electron chi connectivity index (χ3n) is 3.39. The molecule has 1 amide bonds. The molecule has 1 fully saturated rings. The van der Waals surface area contributed by atoms with Crippen LogP contribution in [0.15, 0.2) is 4.52 Å². The number of carbonyl (C=O) groups is 1. The van der Waals surface area contributed by atoms with Crippen LogP contribution >= 0.6 is 0 Å². The number of primary amides is 1. The van der Waals surface area contributed by atoms with E-state index in [0.717, 1.165) is 38.8 Å². The smallest absolute Gasteiger partial charge is 0.290 e. The Morgan fingerprint density at radius 3 is 2.76 bits per heavy atom. The van der Waals surface area contributed by atoms with Gasteiger partial charge in [-0.3, -0.25) is 4.79 Å². The largest absolute Gasteiger partial charge is 0.363 e. The van der Waals surface area contributed by atoms with Crippen LogP contribution in [-0.4, -0.2) is 29.1 Å². The topological polar surface area (TPSA) is 94.0 Å². The maximum Gasteiger partial charge on any atom is 0.290 e. The Kier molecular flexibility index (Phi) is 3.42. The summed E-state index contributed by atoms with van der Waals surface area (Å²) in [5.41, 5.74) is 5.05. The number of amides is 1. The van der Waals surface area contributed by atoms with Crippen LogP contribution in [0.5, 0.6) is 0 Å². The molecule has 3 N–H and O–H groups in total. The van der Waals surface area contributed by atoms with Gasteiger partial charge in [0.2, 0.25) is 5.89 Å². The first kappa shape index (κ1) is 12.0. The van der Waals surface area contributed by atoms with E-state index in [1.165, 1.54) is 0 Å². The average Bonchev–Trinajstić information content (AvgIpc) is 2.80. The summed E-state index contributed by atoms with van der Waals surface area (Å²) in [6.07, 6.45) is 3.96. The summed E-state index contributed by atoms with van der Waals surface area (Å²) in [5, 5.41) is 6.95. The van der Waals surface area contributed by atoms with Gasteiger partial charge < -0.3 is 15.6 Å². The Balaban J connectivity index is 2.27. The molecule has 1 aromatic rings. The van der Waals surface area contributed by atoms with Gasteiger partial charge in [0.05, 0.1) is 5.41 Å². The number of nitrogens with one attached hydrogen (secondary N) is 1. The zero-order valence-electron chi connectivity index (χ0n) is 10.0. The normalized spacial score (nSPS) is 19.1. The van der Waals surface area contributed by atoms with Crippen molar-refractivity contribution in [1.82, 2.24) is 15.5 Å². The van der Waals surface area contributed by atoms with Gasteiger partial charge in [-0.25, -0.2) is 0 Å². The van der Waals surface area contributed by atoms with Crippen molar-refractivity contribution >= 4 is 5.91 Å². The van der Waals surface area contributed by atoms with Crippen LogP contribution in [-0.2, 0) is 5.41 Å².